The standard InChI is InChI=1S/C25H35NO4/c1-25(2,3)21-7-10-22(11-8-21)30-23-9-6-18-12-17(4-5-19(18)13-23)14-26-15-20(16-27)24(28)29/h4-6,9,12-13,20-22,26-27H,7-8,10-11,14-16H2,1-3H3,(H,28,29)/t20?,21-,22-. The molecule has 0 spiro atoms. The third-order valence-electron chi connectivity index (χ3n) is 6.37. The van der Waals surface area contributed by atoms with Gasteiger partial charge in [0, 0.05) is 13.1 Å². The van der Waals surface area contributed by atoms with Gasteiger partial charge in [0.2, 0.25) is 0 Å². The first-order valence-corrected chi connectivity index (χ1v) is 11.0. The molecule has 0 aliphatic heterocycles. The van der Waals surface area contributed by atoms with Crippen molar-refractivity contribution in [3.8, 4) is 5.75 Å². The predicted octanol–water partition coefficient (Wildman–Crippen LogP) is 4.61. The Balaban J connectivity index is 1.56. The molecule has 30 heavy (non-hydrogen) atoms. The summed E-state index contributed by atoms with van der Waals surface area (Å²) in [5.41, 5.74) is 1.46. The van der Waals surface area contributed by atoms with Crippen LogP contribution in [0.2, 0.25) is 0 Å². The van der Waals surface area contributed by atoms with Gasteiger partial charge in [0.25, 0.3) is 0 Å². The molecule has 1 fully saturated rings. The number of benzene rings is 2. The van der Waals surface area contributed by atoms with Gasteiger partial charge in [0.1, 0.15) is 5.75 Å². The van der Waals surface area contributed by atoms with E-state index in [0.29, 0.717) is 18.1 Å². The number of aliphatic hydroxyl groups is 1. The molecular weight excluding hydrogens is 378 g/mol. The second-order valence-electron chi connectivity index (χ2n) is 9.65. The second kappa shape index (κ2) is 9.80. The van der Waals surface area contributed by atoms with E-state index in [1.165, 1.54) is 12.8 Å². The molecule has 164 valence electrons. The highest BCUT2D eigenvalue weighted by atomic mass is 16.5. The van der Waals surface area contributed by atoms with Gasteiger partial charge in [-0.2, -0.15) is 0 Å². The van der Waals surface area contributed by atoms with Crippen molar-refractivity contribution in [3.63, 3.8) is 0 Å². The van der Waals surface area contributed by atoms with E-state index < -0.39 is 11.9 Å². The Morgan fingerprint density at radius 1 is 1.10 bits per heavy atom. The van der Waals surface area contributed by atoms with Crippen LogP contribution in [0.15, 0.2) is 36.4 Å². The number of fused-ring (bicyclic) bond motifs is 1. The molecule has 0 amide bonds. The van der Waals surface area contributed by atoms with Crippen LogP contribution in [0.3, 0.4) is 0 Å². The van der Waals surface area contributed by atoms with Crippen LogP contribution in [0.1, 0.15) is 52.0 Å². The van der Waals surface area contributed by atoms with E-state index in [2.05, 4.69) is 50.4 Å². The minimum atomic E-state index is -0.983. The molecule has 1 aliphatic carbocycles. The molecule has 1 saturated carbocycles. The molecule has 0 saturated heterocycles. The molecule has 2 aromatic rings. The first-order valence-electron chi connectivity index (χ1n) is 11.0. The monoisotopic (exact) mass is 413 g/mol. The Bertz CT molecular complexity index is 850. The van der Waals surface area contributed by atoms with Crippen molar-refractivity contribution in [2.45, 2.75) is 59.1 Å². The Hall–Kier alpha value is -2.11. The first-order chi connectivity index (χ1) is 14.3. The number of carboxylic acid groups (broad SMARTS) is 1. The van der Waals surface area contributed by atoms with E-state index in [1.54, 1.807) is 0 Å². The number of aliphatic hydroxyl groups excluding tert-OH is 1. The van der Waals surface area contributed by atoms with Crippen molar-refractivity contribution in [3.05, 3.63) is 42.0 Å². The summed E-state index contributed by atoms with van der Waals surface area (Å²) in [6.07, 6.45) is 5.01. The second-order valence-corrected chi connectivity index (χ2v) is 9.65. The largest absolute Gasteiger partial charge is 0.490 e. The maximum absolute atomic E-state index is 11.0. The fourth-order valence-corrected chi connectivity index (χ4v) is 4.32. The fraction of sp³-hybridized carbons (Fsp3) is 0.560. The normalized spacial score (nSPS) is 20.8. The predicted molar refractivity (Wildman–Crippen MR) is 120 cm³/mol. The van der Waals surface area contributed by atoms with E-state index in [-0.39, 0.29) is 13.2 Å². The SMILES string of the molecule is CC(C)(C)[C@H]1CC[C@H](Oc2ccc3cc(CNCC(CO)C(=O)O)ccc3c2)CC1. The zero-order valence-electron chi connectivity index (χ0n) is 18.4. The lowest BCUT2D eigenvalue weighted by atomic mass is 9.72. The van der Waals surface area contributed by atoms with Crippen LogP contribution in [0.25, 0.3) is 10.8 Å². The topological polar surface area (TPSA) is 78.8 Å². The number of hydrogen-bond donors (Lipinski definition) is 3. The summed E-state index contributed by atoms with van der Waals surface area (Å²) in [5, 5.41) is 23.5. The number of carbonyl (C=O) groups is 1. The lowest BCUT2D eigenvalue weighted by Gasteiger charge is -2.37. The summed E-state index contributed by atoms with van der Waals surface area (Å²) in [7, 11) is 0. The Morgan fingerprint density at radius 2 is 1.77 bits per heavy atom. The van der Waals surface area contributed by atoms with Crippen molar-refractivity contribution in [1.29, 1.82) is 0 Å². The maximum Gasteiger partial charge on any atom is 0.310 e. The summed E-state index contributed by atoms with van der Waals surface area (Å²) in [6.45, 7) is 7.46. The zero-order chi connectivity index (χ0) is 21.7. The highest BCUT2D eigenvalue weighted by Crippen LogP contribution is 2.39. The Labute approximate surface area is 179 Å². The number of nitrogens with one attached hydrogen (secondary N) is 1. The van der Waals surface area contributed by atoms with Gasteiger partial charge in [-0.25, -0.2) is 0 Å². The van der Waals surface area contributed by atoms with Crippen LogP contribution in [0.4, 0.5) is 0 Å². The number of carboxylic acids is 1. The smallest absolute Gasteiger partial charge is 0.310 e. The van der Waals surface area contributed by atoms with Crippen LogP contribution >= 0.6 is 0 Å². The summed E-state index contributed by atoms with van der Waals surface area (Å²) in [6, 6.07) is 12.5. The van der Waals surface area contributed by atoms with Gasteiger partial charge in [0.05, 0.1) is 18.6 Å². The van der Waals surface area contributed by atoms with Gasteiger partial charge in [0.15, 0.2) is 0 Å². The van der Waals surface area contributed by atoms with Crippen molar-refractivity contribution in [1.82, 2.24) is 5.32 Å². The number of rotatable bonds is 8. The van der Waals surface area contributed by atoms with Gasteiger partial charge >= 0.3 is 5.97 Å². The Kier molecular flexibility index (Phi) is 7.37. The van der Waals surface area contributed by atoms with Gasteiger partial charge in [-0.05, 0) is 71.6 Å². The zero-order valence-corrected chi connectivity index (χ0v) is 18.4. The number of ether oxygens (including phenoxy) is 1. The van der Waals surface area contributed by atoms with E-state index in [4.69, 9.17) is 14.9 Å². The van der Waals surface area contributed by atoms with E-state index >= 15 is 0 Å². The molecule has 1 unspecified atom stereocenters. The van der Waals surface area contributed by atoms with Crippen LogP contribution < -0.4 is 10.1 Å². The van der Waals surface area contributed by atoms with Crippen molar-refractivity contribution in [2.75, 3.05) is 13.2 Å². The molecule has 1 aliphatic rings. The van der Waals surface area contributed by atoms with E-state index in [1.807, 2.05) is 12.1 Å². The third-order valence-corrected chi connectivity index (χ3v) is 6.37. The van der Waals surface area contributed by atoms with Crippen molar-refractivity contribution >= 4 is 16.7 Å². The Morgan fingerprint density at radius 3 is 2.40 bits per heavy atom. The summed E-state index contributed by atoms with van der Waals surface area (Å²) in [5.74, 6) is -0.0458. The molecule has 3 N–H and O–H groups in total. The maximum atomic E-state index is 11.0. The molecule has 0 heterocycles. The van der Waals surface area contributed by atoms with E-state index in [0.717, 1.165) is 40.8 Å². The molecule has 5 heteroatoms. The molecule has 3 rings (SSSR count). The van der Waals surface area contributed by atoms with Crippen LogP contribution in [-0.4, -0.2) is 35.4 Å². The number of aliphatic carboxylic acids is 1. The van der Waals surface area contributed by atoms with Gasteiger partial charge < -0.3 is 20.3 Å². The number of hydrogen-bond acceptors (Lipinski definition) is 4. The van der Waals surface area contributed by atoms with Gasteiger partial charge in [-0.1, -0.05) is 39.0 Å². The average Bonchev–Trinajstić information content (AvgIpc) is 2.70. The first kappa shape index (κ1) is 22.6. The molecule has 5 nitrogen and oxygen atoms in total. The highest BCUT2D eigenvalue weighted by Gasteiger charge is 2.30. The van der Waals surface area contributed by atoms with Crippen molar-refractivity contribution in [2.24, 2.45) is 17.3 Å². The highest BCUT2D eigenvalue weighted by molar-refractivity contribution is 5.84. The van der Waals surface area contributed by atoms with Crippen LogP contribution in [-0.2, 0) is 11.3 Å². The fourth-order valence-electron chi connectivity index (χ4n) is 4.32. The minimum Gasteiger partial charge on any atom is -0.490 e. The minimum absolute atomic E-state index is 0.244. The molecule has 0 radical (unpaired) electrons. The van der Waals surface area contributed by atoms with Crippen LogP contribution in [0, 0.1) is 17.3 Å². The van der Waals surface area contributed by atoms with Crippen molar-refractivity contribution < 1.29 is 19.7 Å². The molecule has 0 aromatic heterocycles. The summed E-state index contributed by atoms with van der Waals surface area (Å²) in [4.78, 5) is 11.0. The summed E-state index contributed by atoms with van der Waals surface area (Å²) >= 11 is 0. The van der Waals surface area contributed by atoms with E-state index in [9.17, 15) is 4.79 Å². The van der Waals surface area contributed by atoms with Crippen LogP contribution in [0.5, 0.6) is 5.75 Å². The van der Waals surface area contributed by atoms with Gasteiger partial charge in [-0.15, -0.1) is 0 Å². The lowest BCUT2D eigenvalue weighted by Crippen LogP contribution is -2.30. The van der Waals surface area contributed by atoms with Gasteiger partial charge in [-0.3, -0.25) is 4.79 Å². The molecule has 0 bridgehead atoms. The molecular formula is C25H35NO4. The third kappa shape index (κ3) is 5.96. The lowest BCUT2D eigenvalue weighted by molar-refractivity contribution is -0.142. The molecule has 1 atom stereocenters. The molecule has 2 aromatic carbocycles. The quantitative estimate of drug-likeness (QED) is 0.589. The summed E-state index contributed by atoms with van der Waals surface area (Å²) < 4.78 is 6.29. The average molecular weight is 414 g/mol.